The normalized spacial score (nSPS) is 13.3. The number of aromatic hydroxyl groups is 1. The fraction of sp³-hybridized carbons (Fsp3) is 0.324. The van der Waals surface area contributed by atoms with Gasteiger partial charge in [0.15, 0.2) is 5.82 Å². The highest BCUT2D eigenvalue weighted by atomic mass is 16.3. The molecule has 378 valence electrons. The average molecular weight is 977 g/mol. The number of anilines is 2. The highest BCUT2D eigenvalue weighted by Gasteiger charge is 2.39. The van der Waals surface area contributed by atoms with Gasteiger partial charge in [0.05, 0.1) is 22.6 Å². The van der Waals surface area contributed by atoms with Crippen molar-refractivity contribution in [2.45, 2.75) is 144 Å². The van der Waals surface area contributed by atoms with Gasteiger partial charge in [-0.1, -0.05) is 208 Å². The molecule has 8 aromatic rings. The quantitative estimate of drug-likeness (QED) is 0.146. The third kappa shape index (κ3) is 10.0. The van der Waals surface area contributed by atoms with Gasteiger partial charge in [0.2, 0.25) is 0 Å². The van der Waals surface area contributed by atoms with Gasteiger partial charge >= 0.3 is 6.85 Å². The van der Waals surface area contributed by atoms with E-state index in [9.17, 15) is 5.11 Å². The van der Waals surface area contributed by atoms with E-state index in [1.165, 1.54) is 27.7 Å². The van der Waals surface area contributed by atoms with Crippen LogP contribution in [-0.2, 0) is 21.7 Å². The number of phenolic OH excluding ortho intramolecular Hbond substituents is 1. The van der Waals surface area contributed by atoms with Gasteiger partial charge < -0.3 is 9.92 Å². The highest BCUT2D eigenvalue weighted by Crippen LogP contribution is 2.48. The summed E-state index contributed by atoms with van der Waals surface area (Å²) in [7, 11) is 0. The maximum absolute atomic E-state index is 12.9. The summed E-state index contributed by atoms with van der Waals surface area (Å²) < 4.78 is 2.34. The molecule has 5 nitrogen and oxygen atoms in total. The molecule has 1 aliphatic heterocycles. The third-order valence-corrected chi connectivity index (χ3v) is 15.0. The van der Waals surface area contributed by atoms with Crippen LogP contribution < -0.4 is 10.3 Å². The maximum atomic E-state index is 12.9. The van der Waals surface area contributed by atoms with Gasteiger partial charge in [-0.15, -0.1) is 0 Å². The Morgan fingerprint density at radius 3 is 1.68 bits per heavy atom. The van der Waals surface area contributed by atoms with Crippen LogP contribution in [0.25, 0.3) is 56.7 Å². The Bertz CT molecular complexity index is 3360. The minimum Gasteiger partial charge on any atom is -0.507 e. The van der Waals surface area contributed by atoms with Crippen LogP contribution in [0.4, 0.5) is 11.5 Å². The second-order valence-corrected chi connectivity index (χ2v) is 25.4. The number of aromatic nitrogens is 3. The predicted molar refractivity (Wildman–Crippen MR) is 317 cm³/mol. The Balaban J connectivity index is 1.44. The van der Waals surface area contributed by atoms with E-state index in [1.807, 2.05) is 6.20 Å². The van der Waals surface area contributed by atoms with Crippen LogP contribution in [0.5, 0.6) is 5.75 Å². The molecule has 74 heavy (non-hydrogen) atoms. The van der Waals surface area contributed by atoms with Gasteiger partial charge in [-0.05, 0) is 138 Å². The largest absolute Gasteiger partial charge is 0.507 e. The molecule has 6 aromatic carbocycles. The molecule has 0 spiro atoms. The van der Waals surface area contributed by atoms with E-state index in [2.05, 4.69) is 272 Å². The number of fused-ring (bicyclic) bond motifs is 1. The number of imidazole rings is 1. The van der Waals surface area contributed by atoms with E-state index in [0.29, 0.717) is 11.4 Å². The number of nitrogens with zero attached hydrogens (tertiary/aromatic N) is 4. The lowest BCUT2D eigenvalue weighted by atomic mass is 9.49. The van der Waals surface area contributed by atoms with Crippen LogP contribution in [0.15, 0.2) is 152 Å². The first-order valence-electron chi connectivity index (χ1n) is 26.8. The van der Waals surface area contributed by atoms with E-state index < -0.39 is 0 Å². The molecule has 6 heteroatoms. The molecule has 9 rings (SSSR count). The first kappa shape index (κ1) is 52.0. The lowest BCUT2D eigenvalue weighted by Gasteiger charge is -2.36. The number of pyridine rings is 1. The Labute approximate surface area is 443 Å². The van der Waals surface area contributed by atoms with Crippen molar-refractivity contribution >= 4 is 29.9 Å². The number of rotatable bonds is 9. The van der Waals surface area contributed by atoms with E-state index in [1.54, 1.807) is 0 Å². The molecule has 0 aliphatic carbocycles. The van der Waals surface area contributed by atoms with Crippen molar-refractivity contribution in [2.24, 2.45) is 0 Å². The number of benzene rings is 6. The summed E-state index contributed by atoms with van der Waals surface area (Å²) in [5.74, 6) is 4.69. The summed E-state index contributed by atoms with van der Waals surface area (Å²) >= 11 is 0. The van der Waals surface area contributed by atoms with Crippen LogP contribution >= 0.6 is 0 Å². The van der Waals surface area contributed by atoms with Gasteiger partial charge in [0.25, 0.3) is 0 Å². The zero-order valence-electron chi connectivity index (χ0n) is 47.0. The molecular formula is C68H77BN4O. The van der Waals surface area contributed by atoms with Crippen molar-refractivity contribution in [3.05, 3.63) is 191 Å². The molecule has 0 bridgehead atoms. The van der Waals surface area contributed by atoms with Crippen LogP contribution in [0.1, 0.15) is 162 Å². The molecule has 0 radical (unpaired) electrons. The van der Waals surface area contributed by atoms with Crippen LogP contribution in [0.3, 0.4) is 0 Å². The van der Waals surface area contributed by atoms with Crippen LogP contribution in [0.2, 0.25) is 0 Å². The lowest BCUT2D eigenvalue weighted by Crippen LogP contribution is -2.50. The summed E-state index contributed by atoms with van der Waals surface area (Å²) in [6, 6.07) is 50.9. The SMILES string of the molecule is CC(C)c1cccc(C(C)C)c1B1C=Cc2c(nc(-c3cc(C(C)(C)C)cc(C(C)(C)C)c3O)n2-c2ccc(C(C)(C)C)cc2-c2ccccc2)N1c1cc(-c2cc(-c3ccccc3)ccn2)cc(C(C)(C)C)c1. The molecule has 0 amide bonds. The minimum atomic E-state index is -0.360. The van der Waals surface area contributed by atoms with Gasteiger partial charge in [0.1, 0.15) is 11.6 Å². The summed E-state index contributed by atoms with van der Waals surface area (Å²) in [4.78, 5) is 13.6. The Morgan fingerprint density at radius 1 is 0.514 bits per heavy atom. The number of phenols is 1. The molecular weight excluding hydrogens is 900 g/mol. The molecule has 0 saturated carbocycles. The van der Waals surface area contributed by atoms with Crippen molar-refractivity contribution in [2.75, 3.05) is 4.81 Å². The van der Waals surface area contributed by atoms with E-state index in [-0.39, 0.29) is 46.1 Å². The fourth-order valence-electron chi connectivity index (χ4n) is 10.6. The molecule has 2 aromatic heterocycles. The van der Waals surface area contributed by atoms with E-state index in [4.69, 9.17) is 9.97 Å². The highest BCUT2D eigenvalue weighted by molar-refractivity contribution is 6.84. The monoisotopic (exact) mass is 977 g/mol. The summed E-state index contributed by atoms with van der Waals surface area (Å²) in [5.41, 5.74) is 17.6. The first-order valence-corrected chi connectivity index (χ1v) is 26.8. The molecule has 1 N–H and O–H groups in total. The van der Waals surface area contributed by atoms with Crippen LogP contribution in [0, 0.1) is 0 Å². The van der Waals surface area contributed by atoms with E-state index >= 15 is 0 Å². The summed E-state index contributed by atoms with van der Waals surface area (Å²) in [6.07, 6.45) is 4.25. The molecule has 0 saturated heterocycles. The molecule has 0 atom stereocenters. The Hall–Kier alpha value is -6.92. The van der Waals surface area contributed by atoms with Crippen molar-refractivity contribution in [1.29, 1.82) is 0 Å². The van der Waals surface area contributed by atoms with Crippen molar-refractivity contribution in [3.8, 4) is 56.3 Å². The van der Waals surface area contributed by atoms with Gasteiger partial charge in [-0.3, -0.25) is 9.55 Å². The number of hydrogen-bond acceptors (Lipinski definition) is 4. The zero-order chi connectivity index (χ0) is 53.2. The first-order chi connectivity index (χ1) is 34.8. The van der Waals surface area contributed by atoms with Gasteiger partial charge in [0, 0.05) is 28.6 Å². The minimum absolute atomic E-state index is 0.104. The van der Waals surface area contributed by atoms with Crippen molar-refractivity contribution < 1.29 is 5.11 Å². The Morgan fingerprint density at radius 2 is 1.09 bits per heavy atom. The maximum Gasteiger partial charge on any atom is 0.322 e. The fourth-order valence-corrected chi connectivity index (χ4v) is 10.6. The molecule has 0 fully saturated rings. The van der Waals surface area contributed by atoms with Crippen molar-refractivity contribution in [1.82, 2.24) is 14.5 Å². The third-order valence-electron chi connectivity index (χ3n) is 15.0. The van der Waals surface area contributed by atoms with Crippen molar-refractivity contribution in [3.63, 3.8) is 0 Å². The van der Waals surface area contributed by atoms with Crippen LogP contribution in [-0.4, -0.2) is 26.5 Å². The molecule has 0 unspecified atom stereocenters. The molecule has 3 heterocycles. The Kier molecular flexibility index (Phi) is 13.6. The predicted octanol–water partition coefficient (Wildman–Crippen LogP) is 17.7. The standard InChI is InChI=1S/C68H77BN4O/c1-43(2)53-28-23-29-54(44(3)4)61(53)69-34-32-60-64(73(69)52-37-48(36-50(39-52)66(8,9)10)58-38-47(33-35-70-58)45-24-19-17-20-25-45)71-63(56-41-51(67(11,12)13)42-57(62(56)74)68(14,15)16)72(60)59-31-30-49(65(5,6)7)40-55(59)46-26-21-18-22-27-46/h17-44,74H,1-16H3. The summed E-state index contributed by atoms with van der Waals surface area (Å²) in [5, 5.41) is 12.9. The average Bonchev–Trinajstić information content (AvgIpc) is 3.74. The zero-order valence-corrected chi connectivity index (χ0v) is 47.0. The topological polar surface area (TPSA) is 54.2 Å². The smallest absolute Gasteiger partial charge is 0.322 e. The van der Waals surface area contributed by atoms with Gasteiger partial charge in [-0.2, -0.15) is 0 Å². The van der Waals surface area contributed by atoms with E-state index in [0.717, 1.165) is 67.5 Å². The summed E-state index contributed by atoms with van der Waals surface area (Å²) in [6.45, 7) is 36.1. The second-order valence-electron chi connectivity index (χ2n) is 25.4. The molecule has 1 aliphatic rings. The second kappa shape index (κ2) is 19.4. The number of hydrogen-bond donors (Lipinski definition) is 1. The lowest BCUT2D eigenvalue weighted by molar-refractivity contribution is 0.446. The van der Waals surface area contributed by atoms with Gasteiger partial charge in [-0.25, -0.2) is 4.98 Å².